The van der Waals surface area contributed by atoms with Crippen LogP contribution >= 0.6 is 0 Å². The molecule has 0 aliphatic carbocycles. The number of hydrogen-bond acceptors (Lipinski definition) is 1. The molecule has 1 nitrogen and oxygen atoms in total. The Balaban J connectivity index is 2.06. The van der Waals surface area contributed by atoms with Gasteiger partial charge in [-0.2, -0.15) is 0 Å². The Kier molecular flexibility index (Phi) is 32.4. The standard InChI is InChI=1S/C43H79N/c1-3-5-7-9-11-13-15-17-19-21-23-25-27-29-34-40-44(42-36-39-43-37-32-31-33-38-43)41-35-30-28-26-24-22-20-18-16-14-12-10-8-6-4-2/h31-33,36-39H,3-30,34-35,40-42H2,1-2H3. The SMILES string of the molecule is CCCCCCCCCCCCCCCCCN(CC=Cc1ccccc1)CCCCCCCCCCCCCCCCC. The number of rotatable bonds is 35. The third kappa shape index (κ3) is 29.6. The molecule has 0 saturated carbocycles. The van der Waals surface area contributed by atoms with Crippen molar-refractivity contribution < 1.29 is 0 Å². The third-order valence-electron chi connectivity index (χ3n) is 9.63. The number of unbranched alkanes of at least 4 members (excludes halogenated alkanes) is 28. The number of hydrogen-bond donors (Lipinski definition) is 0. The van der Waals surface area contributed by atoms with Crippen LogP contribution in [-0.2, 0) is 0 Å². The van der Waals surface area contributed by atoms with Gasteiger partial charge < -0.3 is 0 Å². The van der Waals surface area contributed by atoms with E-state index in [2.05, 4.69) is 61.2 Å². The molecular weight excluding hydrogens is 530 g/mol. The molecule has 0 aliphatic rings. The fourth-order valence-electron chi connectivity index (χ4n) is 6.61. The maximum atomic E-state index is 2.73. The van der Waals surface area contributed by atoms with Crippen LogP contribution in [0.3, 0.4) is 0 Å². The zero-order chi connectivity index (χ0) is 31.4. The van der Waals surface area contributed by atoms with E-state index in [-0.39, 0.29) is 0 Å². The van der Waals surface area contributed by atoms with Gasteiger partial charge >= 0.3 is 0 Å². The summed E-state index contributed by atoms with van der Waals surface area (Å²) in [5.41, 5.74) is 1.33. The lowest BCUT2D eigenvalue weighted by molar-refractivity contribution is 0.286. The minimum Gasteiger partial charge on any atom is -0.300 e. The lowest BCUT2D eigenvalue weighted by Gasteiger charge is -2.20. The van der Waals surface area contributed by atoms with E-state index in [9.17, 15) is 0 Å². The molecule has 0 aliphatic heterocycles. The molecule has 0 heterocycles. The monoisotopic (exact) mass is 610 g/mol. The van der Waals surface area contributed by atoms with Crippen LogP contribution in [0.2, 0.25) is 0 Å². The highest BCUT2D eigenvalue weighted by Gasteiger charge is 2.04. The van der Waals surface area contributed by atoms with Crippen LogP contribution < -0.4 is 0 Å². The van der Waals surface area contributed by atoms with Crippen LogP contribution in [-0.4, -0.2) is 24.5 Å². The van der Waals surface area contributed by atoms with Gasteiger partial charge in [0.1, 0.15) is 0 Å². The van der Waals surface area contributed by atoms with E-state index in [1.807, 2.05) is 0 Å². The van der Waals surface area contributed by atoms with Crippen LogP contribution in [0.5, 0.6) is 0 Å². The first-order valence-electron chi connectivity index (χ1n) is 20.3. The highest BCUT2D eigenvalue weighted by molar-refractivity contribution is 5.48. The molecule has 1 heteroatoms. The first-order valence-corrected chi connectivity index (χ1v) is 20.3. The van der Waals surface area contributed by atoms with Gasteiger partial charge in [-0.3, -0.25) is 4.90 Å². The fraction of sp³-hybridized carbons (Fsp3) is 0.814. The van der Waals surface area contributed by atoms with E-state index in [1.54, 1.807) is 0 Å². The van der Waals surface area contributed by atoms with Crippen molar-refractivity contribution in [1.29, 1.82) is 0 Å². The number of benzene rings is 1. The van der Waals surface area contributed by atoms with Gasteiger partial charge in [0.05, 0.1) is 0 Å². The number of nitrogens with zero attached hydrogens (tertiary/aromatic N) is 1. The summed E-state index contributed by atoms with van der Waals surface area (Å²) in [6.45, 7) is 8.27. The van der Waals surface area contributed by atoms with Crippen LogP contribution in [0.15, 0.2) is 36.4 Å². The Labute approximate surface area is 278 Å². The van der Waals surface area contributed by atoms with Crippen LogP contribution in [0, 0.1) is 0 Å². The van der Waals surface area contributed by atoms with Gasteiger partial charge in [-0.1, -0.05) is 236 Å². The molecule has 0 spiro atoms. The van der Waals surface area contributed by atoms with Gasteiger partial charge in [-0.05, 0) is 31.5 Å². The first kappa shape index (κ1) is 40.9. The molecule has 0 N–H and O–H groups in total. The summed E-state index contributed by atoms with van der Waals surface area (Å²) in [5.74, 6) is 0. The van der Waals surface area contributed by atoms with Gasteiger partial charge in [0.25, 0.3) is 0 Å². The van der Waals surface area contributed by atoms with E-state index in [1.165, 1.54) is 211 Å². The molecule has 1 rings (SSSR count). The van der Waals surface area contributed by atoms with E-state index >= 15 is 0 Å². The Morgan fingerprint density at radius 3 is 1.00 bits per heavy atom. The van der Waals surface area contributed by atoms with Crippen LogP contribution in [0.1, 0.15) is 212 Å². The summed E-state index contributed by atoms with van der Waals surface area (Å²) < 4.78 is 0. The fourth-order valence-corrected chi connectivity index (χ4v) is 6.61. The second-order valence-corrected chi connectivity index (χ2v) is 14.0. The predicted molar refractivity (Wildman–Crippen MR) is 202 cm³/mol. The van der Waals surface area contributed by atoms with Crippen molar-refractivity contribution in [2.24, 2.45) is 0 Å². The lowest BCUT2D eigenvalue weighted by atomic mass is 10.0. The van der Waals surface area contributed by atoms with Crippen molar-refractivity contribution in [1.82, 2.24) is 4.90 Å². The largest absolute Gasteiger partial charge is 0.300 e. The maximum Gasteiger partial charge on any atom is 0.0166 e. The van der Waals surface area contributed by atoms with Gasteiger partial charge in [0.2, 0.25) is 0 Å². The Hall–Kier alpha value is -1.08. The predicted octanol–water partition coefficient (Wildman–Crippen LogP) is 14.7. The molecule has 0 fully saturated rings. The smallest absolute Gasteiger partial charge is 0.0166 e. The van der Waals surface area contributed by atoms with E-state index in [0.29, 0.717) is 0 Å². The highest BCUT2D eigenvalue weighted by atomic mass is 15.1. The minimum absolute atomic E-state index is 1.10. The van der Waals surface area contributed by atoms with Crippen molar-refractivity contribution >= 4 is 6.08 Å². The summed E-state index contributed by atoms with van der Waals surface area (Å²) in [4.78, 5) is 2.73. The molecule has 0 atom stereocenters. The van der Waals surface area contributed by atoms with Crippen molar-refractivity contribution in [2.45, 2.75) is 206 Å². The zero-order valence-electron chi connectivity index (χ0n) is 30.3. The molecule has 0 aromatic heterocycles. The van der Waals surface area contributed by atoms with Gasteiger partial charge in [0.15, 0.2) is 0 Å². The molecule has 0 amide bonds. The van der Waals surface area contributed by atoms with Crippen molar-refractivity contribution in [3.63, 3.8) is 0 Å². The Bertz CT molecular complexity index is 645. The summed E-state index contributed by atoms with van der Waals surface area (Å²) in [6, 6.07) is 10.8. The summed E-state index contributed by atoms with van der Waals surface area (Å²) in [7, 11) is 0. The molecule has 0 bridgehead atoms. The van der Waals surface area contributed by atoms with E-state index < -0.39 is 0 Å². The van der Waals surface area contributed by atoms with Crippen molar-refractivity contribution in [3.05, 3.63) is 42.0 Å². The van der Waals surface area contributed by atoms with Crippen LogP contribution in [0.4, 0.5) is 0 Å². The average Bonchev–Trinajstić information content (AvgIpc) is 3.04. The minimum atomic E-state index is 1.10. The quantitative estimate of drug-likeness (QED) is 0.0692. The normalized spacial score (nSPS) is 11.8. The lowest BCUT2D eigenvalue weighted by Crippen LogP contribution is -2.26. The zero-order valence-corrected chi connectivity index (χ0v) is 30.3. The second kappa shape index (κ2) is 34.8. The molecule has 0 saturated heterocycles. The van der Waals surface area contributed by atoms with Crippen molar-refractivity contribution in [2.75, 3.05) is 19.6 Å². The first-order chi connectivity index (χ1) is 21.9. The summed E-state index contributed by atoms with van der Waals surface area (Å²) >= 11 is 0. The van der Waals surface area contributed by atoms with Gasteiger partial charge in [-0.15, -0.1) is 0 Å². The Morgan fingerprint density at radius 2 is 0.682 bits per heavy atom. The highest BCUT2D eigenvalue weighted by Crippen LogP contribution is 2.15. The van der Waals surface area contributed by atoms with E-state index in [0.717, 1.165) is 6.54 Å². The molecular formula is C43H79N. The molecule has 1 aromatic carbocycles. The second-order valence-electron chi connectivity index (χ2n) is 14.0. The molecule has 256 valence electrons. The van der Waals surface area contributed by atoms with Gasteiger partial charge in [-0.25, -0.2) is 0 Å². The van der Waals surface area contributed by atoms with Crippen molar-refractivity contribution in [3.8, 4) is 0 Å². The van der Waals surface area contributed by atoms with Gasteiger partial charge in [0, 0.05) is 6.54 Å². The summed E-state index contributed by atoms with van der Waals surface area (Å²) in [5, 5.41) is 0. The van der Waals surface area contributed by atoms with Crippen LogP contribution in [0.25, 0.3) is 6.08 Å². The topological polar surface area (TPSA) is 3.24 Å². The molecule has 0 radical (unpaired) electrons. The average molecular weight is 610 g/mol. The third-order valence-corrected chi connectivity index (χ3v) is 9.63. The maximum absolute atomic E-state index is 2.73. The van der Waals surface area contributed by atoms with E-state index in [4.69, 9.17) is 0 Å². The molecule has 0 unspecified atom stereocenters. The molecule has 44 heavy (non-hydrogen) atoms. The summed E-state index contributed by atoms with van der Waals surface area (Å²) in [6.07, 6.45) is 48.0. The Morgan fingerprint density at radius 1 is 0.386 bits per heavy atom. The molecule has 1 aromatic rings.